The number of hydrogen-bond donors (Lipinski definition) is 4. The number of halogens is 2. The summed E-state index contributed by atoms with van der Waals surface area (Å²) in [6.45, 7) is 1.56. The van der Waals surface area contributed by atoms with Crippen molar-refractivity contribution in [1.82, 2.24) is 25.8 Å². The lowest BCUT2D eigenvalue weighted by Gasteiger charge is -2.37. The molecule has 26 heavy (non-hydrogen) atoms. The first-order valence-electron chi connectivity index (χ1n) is 8.59. The van der Waals surface area contributed by atoms with E-state index in [2.05, 4.69) is 25.8 Å². The molecule has 8 nitrogen and oxygen atoms in total. The molecule has 0 aromatic rings. The number of nitrogens with zero attached hydrogens (tertiary/aromatic N) is 1. The largest absolute Gasteiger partial charge is 0.300 e. The fourth-order valence-electron chi connectivity index (χ4n) is 3.72. The highest BCUT2D eigenvalue weighted by Crippen LogP contribution is 2.37. The molecule has 2 aliphatic heterocycles. The third-order valence-electron chi connectivity index (χ3n) is 5.23. The predicted molar refractivity (Wildman–Crippen MR) is 99.6 cm³/mol. The normalized spacial score (nSPS) is 39.2. The molecule has 0 spiro atoms. The number of nitrogens with one attached hydrogen (secondary N) is 4. The van der Waals surface area contributed by atoms with Gasteiger partial charge in [0.05, 0.1) is 11.3 Å². The fraction of sp³-hybridized carbons (Fsp3) is 0.929. The van der Waals surface area contributed by atoms with Gasteiger partial charge in [-0.3, -0.25) is 25.8 Å². The second-order valence-corrected chi connectivity index (χ2v) is 10.6. The van der Waals surface area contributed by atoms with Gasteiger partial charge < -0.3 is 0 Å². The number of carbonyl (C=O) groups excluding carboxylic acids is 1. The molecule has 1 aliphatic carbocycles. The van der Waals surface area contributed by atoms with Gasteiger partial charge in [-0.05, 0) is 25.8 Å². The molecule has 3 aliphatic rings. The Morgan fingerprint density at radius 2 is 2.12 bits per heavy atom. The van der Waals surface area contributed by atoms with E-state index >= 15 is 0 Å². The monoisotopic (exact) mass is 429 g/mol. The molecule has 3 fully saturated rings. The molecule has 0 aromatic heterocycles. The van der Waals surface area contributed by atoms with Crippen LogP contribution in [0.1, 0.15) is 12.8 Å². The fourth-order valence-corrected chi connectivity index (χ4v) is 6.69. The van der Waals surface area contributed by atoms with Crippen molar-refractivity contribution >= 4 is 39.3 Å². The molecule has 6 atom stereocenters. The van der Waals surface area contributed by atoms with Crippen LogP contribution in [0.3, 0.4) is 0 Å². The van der Waals surface area contributed by atoms with Gasteiger partial charge in [0.25, 0.3) is 0 Å². The second-order valence-electron chi connectivity index (χ2n) is 7.15. The molecule has 0 aromatic carbocycles. The van der Waals surface area contributed by atoms with Crippen LogP contribution in [0, 0.1) is 11.8 Å². The molecule has 2 saturated heterocycles. The molecule has 150 valence electrons. The van der Waals surface area contributed by atoms with Gasteiger partial charge in [0.2, 0.25) is 15.9 Å². The highest BCUT2D eigenvalue weighted by Gasteiger charge is 2.44. The first kappa shape index (κ1) is 20.6. The minimum Gasteiger partial charge on any atom is -0.300 e. The second kappa shape index (κ2) is 8.46. The summed E-state index contributed by atoms with van der Waals surface area (Å²) < 4.78 is 38.8. The van der Waals surface area contributed by atoms with Crippen molar-refractivity contribution in [3.63, 3.8) is 0 Å². The van der Waals surface area contributed by atoms with Crippen molar-refractivity contribution in [2.45, 2.75) is 35.8 Å². The van der Waals surface area contributed by atoms with Crippen LogP contribution in [0.25, 0.3) is 0 Å². The van der Waals surface area contributed by atoms with Crippen LogP contribution in [0.15, 0.2) is 0 Å². The van der Waals surface area contributed by atoms with Crippen molar-refractivity contribution in [3.05, 3.63) is 0 Å². The average molecular weight is 430 g/mol. The molecule has 1 saturated carbocycles. The summed E-state index contributed by atoms with van der Waals surface area (Å²) >= 11 is 7.62. The Hall–Kier alpha value is -0.170. The van der Waals surface area contributed by atoms with E-state index in [0.717, 1.165) is 13.2 Å². The van der Waals surface area contributed by atoms with E-state index in [-0.39, 0.29) is 12.0 Å². The van der Waals surface area contributed by atoms with Crippen molar-refractivity contribution in [1.29, 1.82) is 0 Å². The predicted octanol–water partition coefficient (Wildman–Crippen LogP) is -0.610. The lowest BCUT2D eigenvalue weighted by Crippen LogP contribution is -2.54. The van der Waals surface area contributed by atoms with Crippen LogP contribution >= 0.6 is 23.4 Å². The summed E-state index contributed by atoms with van der Waals surface area (Å²) in [5.41, 5.74) is 2.18. The van der Waals surface area contributed by atoms with Crippen molar-refractivity contribution in [2.24, 2.45) is 11.8 Å². The first-order chi connectivity index (χ1) is 12.3. The van der Waals surface area contributed by atoms with E-state index < -0.39 is 38.8 Å². The van der Waals surface area contributed by atoms with Gasteiger partial charge in [0, 0.05) is 30.9 Å². The number of likely N-dealkylation sites (N-methyl/N-ethyl adjacent to an activating group) is 1. The van der Waals surface area contributed by atoms with Crippen LogP contribution in [-0.2, 0) is 14.8 Å². The maximum Gasteiger partial charge on any atom is 0.245 e. The molecule has 2 heterocycles. The summed E-state index contributed by atoms with van der Waals surface area (Å²) in [5.74, 6) is -0.652. The van der Waals surface area contributed by atoms with Gasteiger partial charge in [-0.25, -0.2) is 12.8 Å². The van der Waals surface area contributed by atoms with Crippen LogP contribution in [-0.4, -0.2) is 74.1 Å². The molecule has 6 unspecified atom stereocenters. The Bertz CT molecular complexity index is 622. The molecule has 4 N–H and O–H groups in total. The molecular formula is C14H25ClFN5O3S2. The van der Waals surface area contributed by atoms with Crippen molar-refractivity contribution in [2.75, 3.05) is 31.9 Å². The van der Waals surface area contributed by atoms with Crippen molar-refractivity contribution < 1.29 is 17.6 Å². The van der Waals surface area contributed by atoms with E-state index in [1.807, 2.05) is 7.05 Å². The highest BCUT2D eigenvalue weighted by molar-refractivity contribution is 8.01. The van der Waals surface area contributed by atoms with E-state index in [4.69, 9.17) is 11.6 Å². The third-order valence-corrected chi connectivity index (χ3v) is 8.26. The van der Waals surface area contributed by atoms with Crippen LogP contribution in [0.4, 0.5) is 4.39 Å². The summed E-state index contributed by atoms with van der Waals surface area (Å²) in [5, 5.41) is 4.64. The lowest BCUT2D eigenvalue weighted by molar-refractivity contribution is -0.129. The third kappa shape index (κ3) is 4.62. The van der Waals surface area contributed by atoms with E-state index in [1.165, 1.54) is 11.8 Å². The number of rotatable bonds is 5. The van der Waals surface area contributed by atoms with Gasteiger partial charge in [-0.1, -0.05) is 0 Å². The number of hydrogen-bond acceptors (Lipinski definition) is 7. The zero-order valence-corrected chi connectivity index (χ0v) is 16.8. The summed E-state index contributed by atoms with van der Waals surface area (Å²) in [6.07, 6.45) is -0.676. The zero-order chi connectivity index (χ0) is 18.9. The van der Waals surface area contributed by atoms with Gasteiger partial charge >= 0.3 is 0 Å². The maximum atomic E-state index is 14.5. The number of sulfonamides is 1. The molecule has 3 rings (SSSR count). The lowest BCUT2D eigenvalue weighted by atomic mass is 9.76. The highest BCUT2D eigenvalue weighted by atomic mass is 35.5. The number of hydrazine groups is 1. The number of alkyl halides is 2. The SMILES string of the molecule is CN1CNC(C2CC(Cl)C(F)C(C(=O)NNS(=O)(=O)C3CSCN3)C2)C1. The van der Waals surface area contributed by atoms with E-state index in [0.29, 0.717) is 24.5 Å². The van der Waals surface area contributed by atoms with E-state index in [9.17, 15) is 17.6 Å². The average Bonchev–Trinajstić information content (AvgIpc) is 3.27. The van der Waals surface area contributed by atoms with Gasteiger partial charge in [-0.15, -0.1) is 28.2 Å². The zero-order valence-electron chi connectivity index (χ0n) is 14.5. The molecule has 1 amide bonds. The number of thioether (sulfide) groups is 1. The van der Waals surface area contributed by atoms with Gasteiger partial charge in [0.1, 0.15) is 11.5 Å². The quantitative estimate of drug-likeness (QED) is 0.341. The van der Waals surface area contributed by atoms with Gasteiger partial charge in [-0.2, -0.15) is 0 Å². The Morgan fingerprint density at radius 3 is 2.73 bits per heavy atom. The topological polar surface area (TPSA) is 103 Å². The van der Waals surface area contributed by atoms with Crippen molar-refractivity contribution in [3.8, 4) is 0 Å². The van der Waals surface area contributed by atoms with E-state index in [1.54, 1.807) is 0 Å². The minimum absolute atomic E-state index is 0.0645. The van der Waals surface area contributed by atoms with Gasteiger partial charge in [0.15, 0.2) is 0 Å². The Labute approximate surface area is 162 Å². The smallest absolute Gasteiger partial charge is 0.245 e. The van der Waals surface area contributed by atoms with Crippen LogP contribution in [0.5, 0.6) is 0 Å². The Morgan fingerprint density at radius 1 is 1.35 bits per heavy atom. The molecule has 0 bridgehead atoms. The van der Waals surface area contributed by atoms with Crippen LogP contribution in [0.2, 0.25) is 0 Å². The molecule has 12 heteroatoms. The van der Waals surface area contributed by atoms with Crippen LogP contribution < -0.4 is 20.9 Å². The Kier molecular flexibility index (Phi) is 6.69. The summed E-state index contributed by atoms with van der Waals surface area (Å²) in [7, 11) is -1.76. The number of amides is 1. The minimum atomic E-state index is -3.75. The standard InChI is InChI=1S/C14H25ClFN5O3S2/c1-21-4-11(17-6-21)8-2-9(13(16)10(15)3-8)14(22)19-20-26(23,24)12-5-25-7-18-12/h8-13,17-18,20H,2-7H2,1H3,(H,19,22). The summed E-state index contributed by atoms with van der Waals surface area (Å²) in [6, 6.07) is 0.153. The molecular weight excluding hydrogens is 405 g/mol. The first-order valence-corrected chi connectivity index (χ1v) is 11.7. The Balaban J connectivity index is 1.59. The summed E-state index contributed by atoms with van der Waals surface area (Å²) in [4.78, 5) is 16.7. The molecule has 0 radical (unpaired) electrons. The maximum absolute atomic E-state index is 14.5. The number of carbonyl (C=O) groups is 1.